The highest BCUT2D eigenvalue weighted by Crippen LogP contribution is 2.41. The van der Waals surface area contributed by atoms with Gasteiger partial charge in [-0.2, -0.15) is 0 Å². The molecule has 1 heterocycles. The summed E-state index contributed by atoms with van der Waals surface area (Å²) in [7, 11) is 0. The summed E-state index contributed by atoms with van der Waals surface area (Å²) in [6.45, 7) is 10.8. The smallest absolute Gasteiger partial charge is 0.0309 e. The van der Waals surface area contributed by atoms with Crippen molar-refractivity contribution in [1.29, 1.82) is 0 Å². The molecule has 0 amide bonds. The lowest BCUT2D eigenvalue weighted by Gasteiger charge is -2.45. The number of piperazine rings is 1. The normalized spacial score (nSPS) is 33.9. The van der Waals surface area contributed by atoms with E-state index >= 15 is 0 Å². The van der Waals surface area contributed by atoms with E-state index in [1.54, 1.807) is 0 Å². The van der Waals surface area contributed by atoms with Crippen LogP contribution in [0.4, 0.5) is 0 Å². The molecule has 1 aliphatic heterocycles. The van der Waals surface area contributed by atoms with E-state index in [4.69, 9.17) is 0 Å². The molecule has 0 radical (unpaired) electrons. The zero-order valence-electron chi connectivity index (χ0n) is 11.3. The van der Waals surface area contributed by atoms with Crippen LogP contribution in [-0.2, 0) is 0 Å². The van der Waals surface area contributed by atoms with Crippen LogP contribution < -0.4 is 5.32 Å². The number of nitrogens with zero attached hydrogens (tertiary/aromatic N) is 1. The second-order valence-corrected chi connectivity index (χ2v) is 5.94. The molecule has 2 aliphatic rings. The zero-order chi connectivity index (χ0) is 11.6. The Balaban J connectivity index is 1.94. The lowest BCUT2D eigenvalue weighted by molar-refractivity contribution is 0.0817. The molecule has 1 saturated heterocycles. The van der Waals surface area contributed by atoms with E-state index in [9.17, 15) is 0 Å². The Kier molecular flexibility index (Phi) is 3.91. The van der Waals surface area contributed by atoms with Gasteiger partial charge in [0.15, 0.2) is 0 Å². The summed E-state index contributed by atoms with van der Waals surface area (Å²) < 4.78 is 0. The fourth-order valence-electron chi connectivity index (χ4n) is 3.33. The highest BCUT2D eigenvalue weighted by atomic mass is 15.2. The topological polar surface area (TPSA) is 15.3 Å². The molecule has 2 nitrogen and oxygen atoms in total. The Morgan fingerprint density at radius 1 is 1.38 bits per heavy atom. The van der Waals surface area contributed by atoms with Crippen molar-refractivity contribution in [3.05, 3.63) is 0 Å². The SMILES string of the molecule is CCCC(CC)N1CCNC(C)(C2CC2)C1. The van der Waals surface area contributed by atoms with Crippen molar-refractivity contribution in [2.75, 3.05) is 19.6 Å². The van der Waals surface area contributed by atoms with Crippen molar-refractivity contribution in [2.45, 2.75) is 64.5 Å². The molecule has 0 bridgehead atoms. The Labute approximate surface area is 101 Å². The quantitative estimate of drug-likeness (QED) is 0.772. The van der Waals surface area contributed by atoms with Gasteiger partial charge in [-0.3, -0.25) is 4.90 Å². The molecule has 94 valence electrons. The van der Waals surface area contributed by atoms with E-state index in [1.807, 2.05) is 0 Å². The summed E-state index contributed by atoms with van der Waals surface area (Å²) in [5.74, 6) is 0.953. The van der Waals surface area contributed by atoms with Crippen LogP contribution in [0.2, 0.25) is 0 Å². The average molecular weight is 224 g/mol. The lowest BCUT2D eigenvalue weighted by atomic mass is 9.91. The van der Waals surface area contributed by atoms with Gasteiger partial charge in [0.1, 0.15) is 0 Å². The number of hydrogen-bond donors (Lipinski definition) is 1. The molecule has 0 spiro atoms. The first-order valence-corrected chi connectivity index (χ1v) is 7.18. The molecule has 1 aliphatic carbocycles. The molecule has 2 unspecified atom stereocenters. The molecule has 2 rings (SSSR count). The second-order valence-electron chi connectivity index (χ2n) is 5.94. The minimum Gasteiger partial charge on any atom is -0.309 e. The van der Waals surface area contributed by atoms with Gasteiger partial charge >= 0.3 is 0 Å². The van der Waals surface area contributed by atoms with Crippen LogP contribution in [0.5, 0.6) is 0 Å². The standard InChI is InChI=1S/C14H28N2/c1-4-6-13(5-2)16-10-9-15-14(3,11-16)12-7-8-12/h12-13,15H,4-11H2,1-3H3. The van der Waals surface area contributed by atoms with Gasteiger partial charge < -0.3 is 5.32 Å². The zero-order valence-corrected chi connectivity index (χ0v) is 11.3. The Bertz CT molecular complexity index is 225. The summed E-state index contributed by atoms with van der Waals surface area (Å²) in [6.07, 6.45) is 6.90. The van der Waals surface area contributed by atoms with E-state index in [0.717, 1.165) is 12.0 Å². The average Bonchev–Trinajstić information content (AvgIpc) is 3.10. The molecular weight excluding hydrogens is 196 g/mol. The molecule has 16 heavy (non-hydrogen) atoms. The Morgan fingerprint density at radius 3 is 2.69 bits per heavy atom. The van der Waals surface area contributed by atoms with Crippen LogP contribution in [-0.4, -0.2) is 36.1 Å². The first-order chi connectivity index (χ1) is 7.69. The van der Waals surface area contributed by atoms with Crippen LogP contribution in [0, 0.1) is 5.92 Å². The lowest BCUT2D eigenvalue weighted by Crippen LogP contribution is -2.61. The summed E-state index contributed by atoms with van der Waals surface area (Å²) >= 11 is 0. The van der Waals surface area contributed by atoms with Gasteiger partial charge in [-0.25, -0.2) is 0 Å². The minimum atomic E-state index is 0.416. The van der Waals surface area contributed by atoms with Crippen LogP contribution in [0.25, 0.3) is 0 Å². The second kappa shape index (κ2) is 5.05. The van der Waals surface area contributed by atoms with Crippen molar-refractivity contribution < 1.29 is 0 Å². The molecule has 1 N–H and O–H groups in total. The number of nitrogens with one attached hydrogen (secondary N) is 1. The summed E-state index contributed by atoms with van der Waals surface area (Å²) in [6, 6.07) is 0.824. The highest BCUT2D eigenvalue weighted by molar-refractivity contribution is 5.02. The molecule has 2 atom stereocenters. The van der Waals surface area contributed by atoms with Crippen LogP contribution in [0.1, 0.15) is 52.9 Å². The molecule has 2 fully saturated rings. The van der Waals surface area contributed by atoms with Gasteiger partial charge in [-0.1, -0.05) is 20.3 Å². The van der Waals surface area contributed by atoms with Crippen molar-refractivity contribution in [1.82, 2.24) is 10.2 Å². The summed E-state index contributed by atoms with van der Waals surface area (Å²) in [5.41, 5.74) is 0.416. The van der Waals surface area contributed by atoms with E-state index in [-0.39, 0.29) is 0 Å². The first kappa shape index (κ1) is 12.4. The summed E-state index contributed by atoms with van der Waals surface area (Å²) in [5, 5.41) is 3.77. The first-order valence-electron chi connectivity index (χ1n) is 7.18. The molecule has 0 aromatic carbocycles. The fraction of sp³-hybridized carbons (Fsp3) is 1.00. The Morgan fingerprint density at radius 2 is 2.12 bits per heavy atom. The van der Waals surface area contributed by atoms with Crippen molar-refractivity contribution in [3.63, 3.8) is 0 Å². The third kappa shape index (κ3) is 2.60. The maximum Gasteiger partial charge on any atom is 0.0309 e. The largest absolute Gasteiger partial charge is 0.309 e. The third-order valence-electron chi connectivity index (χ3n) is 4.55. The van der Waals surface area contributed by atoms with E-state index in [2.05, 4.69) is 31.0 Å². The van der Waals surface area contributed by atoms with Crippen LogP contribution in [0.3, 0.4) is 0 Å². The van der Waals surface area contributed by atoms with Gasteiger partial charge in [-0.05, 0) is 38.5 Å². The maximum atomic E-state index is 3.77. The van der Waals surface area contributed by atoms with Crippen LogP contribution >= 0.6 is 0 Å². The molecule has 0 aromatic heterocycles. The maximum absolute atomic E-state index is 3.77. The number of rotatable bonds is 5. The monoisotopic (exact) mass is 224 g/mol. The van der Waals surface area contributed by atoms with Gasteiger partial charge in [0.05, 0.1) is 0 Å². The fourth-order valence-corrected chi connectivity index (χ4v) is 3.33. The molecular formula is C14H28N2. The predicted octanol–water partition coefficient (Wildman–Crippen LogP) is 2.64. The molecule has 0 aromatic rings. The van der Waals surface area contributed by atoms with Gasteiger partial charge in [0.25, 0.3) is 0 Å². The predicted molar refractivity (Wildman–Crippen MR) is 69.7 cm³/mol. The summed E-state index contributed by atoms with van der Waals surface area (Å²) in [4.78, 5) is 2.75. The highest BCUT2D eigenvalue weighted by Gasteiger charge is 2.44. The molecule has 2 heteroatoms. The minimum absolute atomic E-state index is 0.416. The van der Waals surface area contributed by atoms with E-state index in [0.29, 0.717) is 5.54 Å². The van der Waals surface area contributed by atoms with Crippen molar-refractivity contribution in [3.8, 4) is 0 Å². The van der Waals surface area contributed by atoms with Gasteiger partial charge in [0, 0.05) is 31.2 Å². The molecule has 1 saturated carbocycles. The van der Waals surface area contributed by atoms with Gasteiger partial charge in [0.2, 0.25) is 0 Å². The number of hydrogen-bond acceptors (Lipinski definition) is 2. The van der Waals surface area contributed by atoms with E-state index < -0.39 is 0 Å². The third-order valence-corrected chi connectivity index (χ3v) is 4.55. The van der Waals surface area contributed by atoms with E-state index in [1.165, 1.54) is 51.7 Å². The van der Waals surface area contributed by atoms with Crippen LogP contribution in [0.15, 0.2) is 0 Å². The van der Waals surface area contributed by atoms with Crippen molar-refractivity contribution >= 4 is 0 Å². The van der Waals surface area contributed by atoms with Gasteiger partial charge in [-0.15, -0.1) is 0 Å². The Hall–Kier alpha value is -0.0800. The van der Waals surface area contributed by atoms with Crippen molar-refractivity contribution in [2.24, 2.45) is 5.92 Å².